The number of amides is 1. The Bertz CT molecular complexity index is 1180. The lowest BCUT2D eigenvalue weighted by Crippen LogP contribution is -2.21. The summed E-state index contributed by atoms with van der Waals surface area (Å²) in [7, 11) is 0. The van der Waals surface area contributed by atoms with Gasteiger partial charge in [-0.2, -0.15) is 9.78 Å². The Labute approximate surface area is 177 Å². The highest BCUT2D eigenvalue weighted by molar-refractivity contribution is 7.21. The van der Waals surface area contributed by atoms with Gasteiger partial charge in [0.25, 0.3) is 5.91 Å². The highest BCUT2D eigenvalue weighted by atomic mass is 35.5. The molecule has 148 valence electrons. The maximum absolute atomic E-state index is 12.4. The molecular weight excluding hydrogens is 408 g/mol. The van der Waals surface area contributed by atoms with Crippen LogP contribution < -0.4 is 10.1 Å². The number of nitrogens with one attached hydrogen (secondary N) is 1. The van der Waals surface area contributed by atoms with E-state index in [9.17, 15) is 4.79 Å². The predicted octanol–water partition coefficient (Wildman–Crippen LogP) is 5.08. The molecule has 0 atom stereocenters. The molecule has 0 saturated heterocycles. The molecule has 29 heavy (non-hydrogen) atoms. The number of hydrogen-bond donors (Lipinski definition) is 1. The molecule has 4 aromatic rings. The number of rotatable bonds is 5. The first-order valence-electron chi connectivity index (χ1n) is 9.03. The highest BCUT2D eigenvalue weighted by Gasteiger charge is 2.16. The molecule has 0 aliphatic carbocycles. The van der Waals surface area contributed by atoms with Gasteiger partial charge in [-0.05, 0) is 50.1 Å². The molecule has 0 fully saturated rings. The molecule has 0 saturated carbocycles. The Morgan fingerprint density at radius 1 is 1.21 bits per heavy atom. The largest absolute Gasteiger partial charge is 0.484 e. The van der Waals surface area contributed by atoms with Crippen LogP contribution in [0.15, 0.2) is 42.5 Å². The minimum Gasteiger partial charge on any atom is -0.484 e. The van der Waals surface area contributed by atoms with Crippen LogP contribution in [0.25, 0.3) is 15.3 Å². The van der Waals surface area contributed by atoms with E-state index in [0.29, 0.717) is 21.7 Å². The van der Waals surface area contributed by atoms with Crippen LogP contribution in [0.4, 0.5) is 5.82 Å². The van der Waals surface area contributed by atoms with Crippen molar-refractivity contribution in [3.8, 4) is 10.9 Å². The SMILES string of the molecule is Cc1cccc(OCC(=O)Nc2cc(C)nn2-c2nc3c(C)ccc(Cl)c3s2)c1. The third-order valence-corrected chi connectivity index (χ3v) is 5.82. The van der Waals surface area contributed by atoms with Crippen LogP contribution in [0, 0.1) is 20.8 Å². The lowest BCUT2D eigenvalue weighted by molar-refractivity contribution is -0.118. The van der Waals surface area contributed by atoms with Crippen molar-refractivity contribution >= 4 is 44.9 Å². The van der Waals surface area contributed by atoms with Crippen LogP contribution >= 0.6 is 22.9 Å². The maximum atomic E-state index is 12.4. The third kappa shape index (κ3) is 4.11. The summed E-state index contributed by atoms with van der Waals surface area (Å²) in [6.45, 7) is 5.72. The van der Waals surface area contributed by atoms with Gasteiger partial charge >= 0.3 is 0 Å². The number of carbonyl (C=O) groups is 1. The summed E-state index contributed by atoms with van der Waals surface area (Å²) in [5, 5.41) is 8.63. The number of anilines is 1. The fourth-order valence-corrected chi connectivity index (χ4v) is 4.23. The number of halogens is 1. The summed E-state index contributed by atoms with van der Waals surface area (Å²) in [6.07, 6.45) is 0. The van der Waals surface area contributed by atoms with Crippen molar-refractivity contribution < 1.29 is 9.53 Å². The molecule has 6 nitrogen and oxygen atoms in total. The average molecular weight is 427 g/mol. The molecule has 4 rings (SSSR count). The Morgan fingerprint density at radius 3 is 2.79 bits per heavy atom. The molecule has 0 spiro atoms. The fourth-order valence-electron chi connectivity index (χ4n) is 2.95. The van der Waals surface area contributed by atoms with Gasteiger partial charge in [0.2, 0.25) is 5.13 Å². The monoisotopic (exact) mass is 426 g/mol. The number of nitrogens with zero attached hydrogens (tertiary/aromatic N) is 3. The zero-order valence-electron chi connectivity index (χ0n) is 16.2. The van der Waals surface area contributed by atoms with Gasteiger partial charge in [0.05, 0.1) is 20.9 Å². The summed E-state index contributed by atoms with van der Waals surface area (Å²) in [5.74, 6) is 0.914. The molecule has 2 heterocycles. The normalized spacial score (nSPS) is 11.0. The van der Waals surface area contributed by atoms with Gasteiger partial charge in [-0.25, -0.2) is 4.98 Å². The molecule has 0 unspecified atom stereocenters. The molecule has 1 amide bonds. The fraction of sp³-hybridized carbons (Fsp3) is 0.190. The second kappa shape index (κ2) is 7.85. The van der Waals surface area contributed by atoms with E-state index in [0.717, 1.165) is 27.0 Å². The van der Waals surface area contributed by atoms with E-state index < -0.39 is 0 Å². The summed E-state index contributed by atoms with van der Waals surface area (Å²) < 4.78 is 8.10. The highest BCUT2D eigenvalue weighted by Crippen LogP contribution is 2.34. The van der Waals surface area contributed by atoms with E-state index in [1.54, 1.807) is 10.7 Å². The van der Waals surface area contributed by atoms with Crippen molar-refractivity contribution in [1.82, 2.24) is 14.8 Å². The smallest absolute Gasteiger partial charge is 0.263 e. The Hall–Kier alpha value is -2.90. The number of thiazole rings is 1. The predicted molar refractivity (Wildman–Crippen MR) is 117 cm³/mol. The molecule has 0 bridgehead atoms. The van der Waals surface area contributed by atoms with E-state index in [2.05, 4.69) is 15.4 Å². The third-order valence-electron chi connectivity index (χ3n) is 4.33. The number of hydrogen-bond acceptors (Lipinski definition) is 5. The van der Waals surface area contributed by atoms with Gasteiger partial charge in [-0.1, -0.05) is 41.1 Å². The lowest BCUT2D eigenvalue weighted by atomic mass is 10.2. The summed E-state index contributed by atoms with van der Waals surface area (Å²) in [6, 6.07) is 13.2. The molecule has 0 aliphatic rings. The first-order chi connectivity index (χ1) is 13.9. The second-order valence-electron chi connectivity index (χ2n) is 6.77. The summed E-state index contributed by atoms with van der Waals surface area (Å²) in [4.78, 5) is 17.1. The quantitative estimate of drug-likeness (QED) is 0.483. The van der Waals surface area contributed by atoms with E-state index in [1.165, 1.54) is 11.3 Å². The van der Waals surface area contributed by atoms with Crippen LogP contribution in [0.2, 0.25) is 5.02 Å². The van der Waals surface area contributed by atoms with Crippen molar-refractivity contribution in [2.45, 2.75) is 20.8 Å². The molecule has 2 aromatic heterocycles. The van der Waals surface area contributed by atoms with Gasteiger partial charge in [0, 0.05) is 6.07 Å². The van der Waals surface area contributed by atoms with Crippen molar-refractivity contribution in [3.05, 3.63) is 64.3 Å². The van der Waals surface area contributed by atoms with E-state index in [1.807, 2.05) is 57.2 Å². The minimum absolute atomic E-state index is 0.0987. The van der Waals surface area contributed by atoms with E-state index in [-0.39, 0.29) is 12.5 Å². The van der Waals surface area contributed by atoms with Crippen LogP contribution in [0.5, 0.6) is 5.75 Å². The second-order valence-corrected chi connectivity index (χ2v) is 8.16. The van der Waals surface area contributed by atoms with Gasteiger partial charge in [-0.15, -0.1) is 0 Å². The molecule has 1 N–H and O–H groups in total. The molecule has 0 radical (unpaired) electrons. The Balaban J connectivity index is 1.56. The number of ether oxygens (including phenoxy) is 1. The molecular formula is C21H19ClN4O2S. The lowest BCUT2D eigenvalue weighted by Gasteiger charge is -2.08. The summed E-state index contributed by atoms with van der Waals surface area (Å²) in [5.41, 5.74) is 3.71. The number of aromatic nitrogens is 3. The number of aryl methyl sites for hydroxylation is 3. The number of benzene rings is 2. The minimum atomic E-state index is -0.275. The zero-order chi connectivity index (χ0) is 20.5. The number of fused-ring (bicyclic) bond motifs is 1. The van der Waals surface area contributed by atoms with Gasteiger partial charge in [0.15, 0.2) is 6.61 Å². The van der Waals surface area contributed by atoms with Crippen LogP contribution in [0.3, 0.4) is 0 Å². The first kappa shape index (κ1) is 19.4. The maximum Gasteiger partial charge on any atom is 0.263 e. The summed E-state index contributed by atoms with van der Waals surface area (Å²) >= 11 is 7.76. The van der Waals surface area contributed by atoms with Gasteiger partial charge in [0.1, 0.15) is 11.6 Å². The van der Waals surface area contributed by atoms with Crippen molar-refractivity contribution in [2.24, 2.45) is 0 Å². The van der Waals surface area contributed by atoms with Crippen molar-refractivity contribution in [1.29, 1.82) is 0 Å². The molecule has 0 aliphatic heterocycles. The standard InChI is InChI=1S/C21H19ClN4O2S/c1-12-5-4-6-15(9-12)28-11-18(27)23-17-10-14(3)25-26(17)21-24-19-13(2)7-8-16(22)20(19)29-21/h4-10H,11H2,1-3H3,(H,23,27). The molecule has 2 aromatic carbocycles. The Morgan fingerprint density at radius 2 is 2.03 bits per heavy atom. The van der Waals surface area contributed by atoms with E-state index in [4.69, 9.17) is 16.3 Å². The molecule has 8 heteroatoms. The van der Waals surface area contributed by atoms with Gasteiger partial charge in [-0.3, -0.25) is 4.79 Å². The number of carbonyl (C=O) groups excluding carboxylic acids is 1. The van der Waals surface area contributed by atoms with Crippen molar-refractivity contribution in [2.75, 3.05) is 11.9 Å². The van der Waals surface area contributed by atoms with Crippen LogP contribution in [-0.4, -0.2) is 27.3 Å². The zero-order valence-corrected chi connectivity index (χ0v) is 17.8. The average Bonchev–Trinajstić information content (AvgIpc) is 3.28. The van der Waals surface area contributed by atoms with Gasteiger partial charge < -0.3 is 10.1 Å². The first-order valence-corrected chi connectivity index (χ1v) is 10.2. The van der Waals surface area contributed by atoms with Crippen molar-refractivity contribution in [3.63, 3.8) is 0 Å². The van der Waals surface area contributed by atoms with Crippen LogP contribution in [0.1, 0.15) is 16.8 Å². The Kier molecular flexibility index (Phi) is 5.25. The van der Waals surface area contributed by atoms with E-state index >= 15 is 0 Å². The van der Waals surface area contributed by atoms with Crippen LogP contribution in [-0.2, 0) is 4.79 Å². The topological polar surface area (TPSA) is 69.0 Å².